The van der Waals surface area contributed by atoms with Crippen molar-refractivity contribution in [2.75, 3.05) is 26.1 Å². The van der Waals surface area contributed by atoms with E-state index in [0.717, 1.165) is 23.8 Å². The molecule has 0 amide bonds. The fraction of sp³-hybridized carbons (Fsp3) is 0.500. The lowest BCUT2D eigenvalue weighted by Crippen LogP contribution is -2.11. The molecule has 0 fully saturated rings. The van der Waals surface area contributed by atoms with Gasteiger partial charge in [0.1, 0.15) is 12.4 Å². The zero-order valence-corrected chi connectivity index (χ0v) is 15.8. The van der Waals surface area contributed by atoms with Crippen molar-refractivity contribution in [3.63, 3.8) is 0 Å². The van der Waals surface area contributed by atoms with Gasteiger partial charge in [-0.1, -0.05) is 19.9 Å². The Kier molecular flexibility index (Phi) is 6.88. The van der Waals surface area contributed by atoms with Gasteiger partial charge in [0, 0.05) is 17.6 Å². The number of nitrogens with two attached hydrogens (primary N) is 1. The number of halogens is 3. The highest BCUT2D eigenvalue weighted by Crippen LogP contribution is 2.40. The minimum Gasteiger partial charge on any atom is -0.491 e. The summed E-state index contributed by atoms with van der Waals surface area (Å²) in [5.41, 5.74) is 6.21. The van der Waals surface area contributed by atoms with Crippen LogP contribution in [0.2, 0.25) is 0 Å². The molecule has 144 valence electrons. The summed E-state index contributed by atoms with van der Waals surface area (Å²) in [4.78, 5) is 5.29. The maximum absolute atomic E-state index is 13.2. The van der Waals surface area contributed by atoms with E-state index in [4.69, 9.17) is 15.2 Å². The number of hydrogen-bond donors (Lipinski definition) is 1. The summed E-state index contributed by atoms with van der Waals surface area (Å²) in [6.45, 7) is 4.46. The third-order valence-electron chi connectivity index (χ3n) is 3.77. The van der Waals surface area contributed by atoms with Crippen LogP contribution in [0.15, 0.2) is 18.2 Å². The third kappa shape index (κ3) is 5.35. The van der Waals surface area contributed by atoms with Gasteiger partial charge in [-0.05, 0) is 30.9 Å². The molecule has 4 nitrogen and oxygen atoms in total. The summed E-state index contributed by atoms with van der Waals surface area (Å²) in [5.74, 6) is 0.278. The molecule has 0 aliphatic carbocycles. The van der Waals surface area contributed by atoms with E-state index in [1.165, 1.54) is 30.6 Å². The number of benzene rings is 1. The molecule has 8 heteroatoms. The van der Waals surface area contributed by atoms with E-state index in [0.29, 0.717) is 22.3 Å². The highest BCUT2D eigenvalue weighted by Gasteiger charge is 2.34. The zero-order valence-electron chi connectivity index (χ0n) is 15.0. The number of nitrogens with zero attached hydrogens (tertiary/aromatic N) is 1. The average molecular weight is 388 g/mol. The van der Waals surface area contributed by atoms with Crippen molar-refractivity contribution < 1.29 is 22.6 Å². The van der Waals surface area contributed by atoms with Crippen LogP contribution in [0.1, 0.15) is 30.7 Å². The highest BCUT2D eigenvalue weighted by molar-refractivity contribution is 7.15. The lowest BCUT2D eigenvalue weighted by atomic mass is 10.0. The van der Waals surface area contributed by atoms with Crippen LogP contribution in [0.5, 0.6) is 5.75 Å². The van der Waals surface area contributed by atoms with E-state index in [-0.39, 0.29) is 19.0 Å². The van der Waals surface area contributed by atoms with Gasteiger partial charge in [-0.3, -0.25) is 0 Å². The van der Waals surface area contributed by atoms with E-state index in [1.54, 1.807) is 0 Å². The van der Waals surface area contributed by atoms with Crippen LogP contribution in [0.4, 0.5) is 18.3 Å². The first-order valence-electron chi connectivity index (χ1n) is 8.31. The van der Waals surface area contributed by atoms with E-state index >= 15 is 0 Å². The van der Waals surface area contributed by atoms with Crippen LogP contribution < -0.4 is 10.5 Å². The van der Waals surface area contributed by atoms with E-state index in [9.17, 15) is 13.2 Å². The fourth-order valence-electron chi connectivity index (χ4n) is 2.44. The number of nitrogen functional groups attached to an aromatic ring is 1. The number of aromatic nitrogens is 1. The molecule has 1 aromatic carbocycles. The summed E-state index contributed by atoms with van der Waals surface area (Å²) < 4.78 is 49.9. The molecular formula is C18H23F3N2O2S. The van der Waals surface area contributed by atoms with Crippen LogP contribution in [0.3, 0.4) is 0 Å². The second-order valence-corrected chi connectivity index (χ2v) is 7.42. The lowest BCUT2D eigenvalue weighted by Gasteiger charge is -2.15. The van der Waals surface area contributed by atoms with Gasteiger partial charge in [0.25, 0.3) is 0 Å². The van der Waals surface area contributed by atoms with Gasteiger partial charge >= 0.3 is 6.18 Å². The molecule has 2 rings (SSSR count). The van der Waals surface area contributed by atoms with Crippen molar-refractivity contribution in [3.05, 3.63) is 28.6 Å². The molecular weight excluding hydrogens is 365 g/mol. The normalized spacial score (nSPS) is 12.0. The quantitative estimate of drug-likeness (QED) is 0.645. The summed E-state index contributed by atoms with van der Waals surface area (Å²) in [6, 6.07) is 3.82. The maximum atomic E-state index is 13.2. The molecule has 0 atom stereocenters. The number of rotatable bonds is 8. The first-order valence-corrected chi connectivity index (χ1v) is 9.12. The second kappa shape index (κ2) is 8.73. The number of aryl methyl sites for hydroxylation is 1. The Morgan fingerprint density at radius 1 is 1.23 bits per heavy atom. The summed E-state index contributed by atoms with van der Waals surface area (Å²) in [5, 5.41) is 0.403. The maximum Gasteiger partial charge on any atom is 0.419 e. The van der Waals surface area contributed by atoms with Crippen LogP contribution in [0, 0.1) is 5.92 Å². The lowest BCUT2D eigenvalue weighted by molar-refractivity contribution is -0.139. The van der Waals surface area contributed by atoms with Crippen LogP contribution in [-0.2, 0) is 17.3 Å². The zero-order chi connectivity index (χ0) is 19.3. The van der Waals surface area contributed by atoms with Crippen molar-refractivity contribution in [1.29, 1.82) is 0 Å². The SMILES string of the molecule is COCCOc1cc(-c2nc(N)sc2CCC(C)C)ccc1C(F)(F)F. The summed E-state index contributed by atoms with van der Waals surface area (Å²) >= 11 is 1.37. The fourth-order valence-corrected chi connectivity index (χ4v) is 3.31. The van der Waals surface area contributed by atoms with Crippen molar-refractivity contribution in [2.45, 2.75) is 32.9 Å². The Morgan fingerprint density at radius 3 is 2.58 bits per heavy atom. The molecule has 0 radical (unpaired) electrons. The van der Waals surface area contributed by atoms with Crippen molar-refractivity contribution in [1.82, 2.24) is 4.98 Å². The van der Waals surface area contributed by atoms with Gasteiger partial charge in [-0.25, -0.2) is 4.98 Å². The van der Waals surface area contributed by atoms with Gasteiger partial charge in [0.05, 0.1) is 17.9 Å². The standard InChI is InChI=1S/C18H23F3N2O2S/c1-11(2)4-7-15-16(23-17(22)26-15)12-5-6-13(18(19,20)21)14(10-12)25-9-8-24-3/h5-6,10-11H,4,7-9H2,1-3H3,(H2,22,23). The molecule has 0 aliphatic heterocycles. The highest BCUT2D eigenvalue weighted by atomic mass is 32.1. The topological polar surface area (TPSA) is 57.4 Å². The second-order valence-electron chi connectivity index (χ2n) is 6.31. The van der Waals surface area contributed by atoms with E-state index in [2.05, 4.69) is 18.8 Å². The van der Waals surface area contributed by atoms with Crippen molar-refractivity contribution >= 4 is 16.5 Å². The summed E-state index contributed by atoms with van der Waals surface area (Å²) in [6.07, 6.45) is -2.77. The number of methoxy groups -OCH3 is 1. The smallest absolute Gasteiger partial charge is 0.419 e. The van der Waals surface area contributed by atoms with Crippen LogP contribution in [0.25, 0.3) is 11.3 Å². The van der Waals surface area contributed by atoms with Gasteiger partial charge in [0.15, 0.2) is 5.13 Å². The molecule has 0 unspecified atom stereocenters. The molecule has 0 saturated heterocycles. The first-order chi connectivity index (χ1) is 12.2. The minimum absolute atomic E-state index is 0.0302. The van der Waals surface area contributed by atoms with Gasteiger partial charge in [-0.15, -0.1) is 11.3 Å². The van der Waals surface area contributed by atoms with Crippen LogP contribution >= 0.6 is 11.3 Å². The first kappa shape index (κ1) is 20.5. The minimum atomic E-state index is -4.50. The molecule has 1 aromatic heterocycles. The molecule has 0 spiro atoms. The Hall–Kier alpha value is -1.80. The molecule has 0 saturated carbocycles. The van der Waals surface area contributed by atoms with Gasteiger partial charge in [-0.2, -0.15) is 13.2 Å². The molecule has 1 heterocycles. The molecule has 2 N–H and O–H groups in total. The Labute approximate surface area is 155 Å². The van der Waals surface area contributed by atoms with Crippen molar-refractivity contribution in [3.8, 4) is 17.0 Å². The van der Waals surface area contributed by atoms with Gasteiger partial charge < -0.3 is 15.2 Å². The predicted molar refractivity (Wildman–Crippen MR) is 97.5 cm³/mol. The monoisotopic (exact) mass is 388 g/mol. The Bertz CT molecular complexity index is 730. The predicted octanol–water partition coefficient (Wildman–Crippen LogP) is 5.02. The number of ether oxygens (including phenoxy) is 2. The van der Waals surface area contributed by atoms with Crippen LogP contribution in [-0.4, -0.2) is 25.3 Å². The number of thiazole rings is 1. The number of alkyl halides is 3. The molecule has 0 bridgehead atoms. The van der Waals surface area contributed by atoms with E-state index < -0.39 is 11.7 Å². The third-order valence-corrected chi connectivity index (χ3v) is 4.71. The van der Waals surface area contributed by atoms with Gasteiger partial charge in [0.2, 0.25) is 0 Å². The molecule has 26 heavy (non-hydrogen) atoms. The Morgan fingerprint density at radius 2 is 1.96 bits per heavy atom. The Balaban J connectivity index is 2.39. The summed E-state index contributed by atoms with van der Waals surface area (Å²) in [7, 11) is 1.46. The molecule has 2 aromatic rings. The molecule has 0 aliphatic rings. The average Bonchev–Trinajstić information content (AvgIpc) is 2.93. The van der Waals surface area contributed by atoms with Crippen molar-refractivity contribution in [2.24, 2.45) is 5.92 Å². The van der Waals surface area contributed by atoms with E-state index in [1.807, 2.05) is 0 Å². The number of anilines is 1. The largest absolute Gasteiger partial charge is 0.491 e. The number of hydrogen-bond acceptors (Lipinski definition) is 5.